The van der Waals surface area contributed by atoms with Crippen molar-refractivity contribution in [1.29, 1.82) is 0 Å². The molecule has 0 aromatic heterocycles. The van der Waals surface area contributed by atoms with Crippen LogP contribution in [0, 0.1) is 6.92 Å². The molecule has 6 heteroatoms. The highest BCUT2D eigenvalue weighted by Crippen LogP contribution is 2.23. The number of nitrogens with one attached hydrogen (secondary N) is 1. The fraction of sp³-hybridized carbons (Fsp3) is 0.118. The van der Waals surface area contributed by atoms with Crippen LogP contribution >= 0.6 is 15.9 Å². The quantitative estimate of drug-likeness (QED) is 0.842. The number of carbonyl (C=O) groups is 3. The van der Waals surface area contributed by atoms with Gasteiger partial charge in [-0.3, -0.25) is 19.3 Å². The highest BCUT2D eigenvalue weighted by Gasteiger charge is 2.36. The van der Waals surface area contributed by atoms with Gasteiger partial charge in [0, 0.05) is 10.2 Å². The number of aryl methyl sites for hydroxylation is 1. The molecule has 1 heterocycles. The number of rotatable bonds is 3. The van der Waals surface area contributed by atoms with Crippen LogP contribution in [-0.4, -0.2) is 29.2 Å². The maximum absolute atomic E-state index is 12.2. The van der Waals surface area contributed by atoms with Crippen LogP contribution in [0.15, 0.2) is 46.9 Å². The molecule has 1 N–H and O–H groups in total. The van der Waals surface area contributed by atoms with Crippen molar-refractivity contribution in [3.05, 3.63) is 63.6 Å². The molecule has 0 fully saturated rings. The normalized spacial score (nSPS) is 13.2. The number of benzene rings is 2. The molecule has 1 aliphatic rings. The van der Waals surface area contributed by atoms with Crippen molar-refractivity contribution in [3.63, 3.8) is 0 Å². The minimum absolute atomic E-state index is 0.304. The predicted octanol–water partition coefficient (Wildman–Crippen LogP) is 2.99. The molecule has 0 unspecified atom stereocenters. The lowest BCUT2D eigenvalue weighted by Crippen LogP contribution is -2.37. The van der Waals surface area contributed by atoms with Gasteiger partial charge in [0.2, 0.25) is 5.91 Å². The van der Waals surface area contributed by atoms with Crippen LogP contribution in [0.25, 0.3) is 0 Å². The summed E-state index contributed by atoms with van der Waals surface area (Å²) in [6.45, 7) is 1.60. The van der Waals surface area contributed by atoms with Gasteiger partial charge in [0.25, 0.3) is 11.8 Å². The maximum Gasteiger partial charge on any atom is 0.262 e. The van der Waals surface area contributed by atoms with E-state index in [-0.39, 0.29) is 6.54 Å². The summed E-state index contributed by atoms with van der Waals surface area (Å²) in [5.41, 5.74) is 2.27. The van der Waals surface area contributed by atoms with E-state index in [9.17, 15) is 14.4 Å². The van der Waals surface area contributed by atoms with E-state index in [4.69, 9.17) is 0 Å². The van der Waals surface area contributed by atoms with Gasteiger partial charge in [-0.2, -0.15) is 0 Å². The summed E-state index contributed by atoms with van der Waals surface area (Å²) in [6, 6.07) is 11.9. The molecule has 5 nitrogen and oxygen atoms in total. The van der Waals surface area contributed by atoms with Crippen LogP contribution < -0.4 is 5.32 Å². The second kappa shape index (κ2) is 5.96. The number of hydrogen-bond acceptors (Lipinski definition) is 3. The molecular weight excluding hydrogens is 360 g/mol. The van der Waals surface area contributed by atoms with Crippen molar-refractivity contribution in [2.75, 3.05) is 11.9 Å². The smallest absolute Gasteiger partial charge is 0.262 e. The molecule has 0 radical (unpaired) electrons. The summed E-state index contributed by atoms with van der Waals surface area (Å²) in [7, 11) is 0. The minimum atomic E-state index is -0.437. The van der Waals surface area contributed by atoms with Crippen molar-refractivity contribution < 1.29 is 14.4 Å². The van der Waals surface area contributed by atoms with Crippen molar-refractivity contribution >= 4 is 39.3 Å². The molecule has 2 aromatic rings. The topological polar surface area (TPSA) is 66.5 Å². The summed E-state index contributed by atoms with van der Waals surface area (Å²) >= 11 is 3.39. The number of carbonyl (C=O) groups excluding carboxylic acids is 3. The highest BCUT2D eigenvalue weighted by atomic mass is 79.9. The van der Waals surface area contributed by atoms with Crippen LogP contribution in [0.2, 0.25) is 0 Å². The molecule has 2 aromatic carbocycles. The summed E-state index contributed by atoms with van der Waals surface area (Å²) in [4.78, 5) is 37.5. The zero-order valence-electron chi connectivity index (χ0n) is 12.3. The van der Waals surface area contributed by atoms with Gasteiger partial charge in [-0.15, -0.1) is 0 Å². The molecule has 3 rings (SSSR count). The van der Waals surface area contributed by atoms with Crippen molar-refractivity contribution in [2.45, 2.75) is 6.92 Å². The fourth-order valence-electron chi connectivity index (χ4n) is 2.45. The Balaban J connectivity index is 1.73. The van der Waals surface area contributed by atoms with Crippen molar-refractivity contribution in [2.24, 2.45) is 0 Å². The molecule has 0 atom stereocenters. The second-order valence-corrected chi connectivity index (χ2v) is 6.11. The van der Waals surface area contributed by atoms with E-state index in [1.165, 1.54) is 0 Å². The van der Waals surface area contributed by atoms with Gasteiger partial charge in [-0.1, -0.05) is 28.1 Å². The monoisotopic (exact) mass is 372 g/mol. The third-order valence-electron chi connectivity index (χ3n) is 3.62. The third kappa shape index (κ3) is 2.90. The molecule has 0 saturated heterocycles. The summed E-state index contributed by atoms with van der Waals surface area (Å²) in [6.07, 6.45) is 0. The van der Waals surface area contributed by atoms with Crippen molar-refractivity contribution in [3.8, 4) is 0 Å². The van der Waals surface area contributed by atoms with E-state index in [2.05, 4.69) is 21.2 Å². The standard InChI is InChI=1S/C17H13BrN2O3/c1-10-8-11(6-7-14(10)18)19-15(21)9-20-16(22)12-4-2-3-5-13(12)17(20)23/h2-8H,9H2,1H3,(H,19,21). The van der Waals surface area contributed by atoms with Crippen LogP contribution in [0.1, 0.15) is 26.3 Å². The van der Waals surface area contributed by atoms with Gasteiger partial charge in [0.15, 0.2) is 0 Å². The van der Waals surface area contributed by atoms with E-state index in [0.717, 1.165) is 14.9 Å². The number of amides is 3. The van der Waals surface area contributed by atoms with Gasteiger partial charge < -0.3 is 5.32 Å². The fourth-order valence-corrected chi connectivity index (χ4v) is 2.70. The van der Waals surface area contributed by atoms with Crippen molar-refractivity contribution in [1.82, 2.24) is 4.90 Å². The second-order valence-electron chi connectivity index (χ2n) is 5.25. The average Bonchev–Trinajstić information content (AvgIpc) is 2.76. The molecule has 3 amide bonds. The summed E-state index contributed by atoms with van der Waals surface area (Å²) in [5.74, 6) is -1.29. The van der Waals surface area contributed by atoms with E-state index < -0.39 is 17.7 Å². The van der Waals surface area contributed by atoms with E-state index >= 15 is 0 Å². The lowest BCUT2D eigenvalue weighted by molar-refractivity contribution is -0.116. The first-order chi connectivity index (χ1) is 11.0. The first-order valence-corrected chi connectivity index (χ1v) is 7.78. The number of halogens is 1. The minimum Gasteiger partial charge on any atom is -0.325 e. The zero-order valence-corrected chi connectivity index (χ0v) is 13.9. The number of anilines is 1. The third-order valence-corrected chi connectivity index (χ3v) is 4.51. The van der Waals surface area contributed by atoms with E-state index in [1.807, 2.05) is 19.1 Å². The number of fused-ring (bicyclic) bond motifs is 1. The molecule has 116 valence electrons. The van der Waals surface area contributed by atoms with Gasteiger partial charge in [0.05, 0.1) is 11.1 Å². The van der Waals surface area contributed by atoms with E-state index in [0.29, 0.717) is 16.8 Å². The number of imide groups is 1. The van der Waals surface area contributed by atoms with Gasteiger partial charge in [-0.25, -0.2) is 0 Å². The van der Waals surface area contributed by atoms with Crippen LogP contribution in [0.3, 0.4) is 0 Å². The average molecular weight is 373 g/mol. The summed E-state index contributed by atoms with van der Waals surface area (Å²) < 4.78 is 0.941. The molecule has 23 heavy (non-hydrogen) atoms. The lowest BCUT2D eigenvalue weighted by atomic mass is 10.1. The van der Waals surface area contributed by atoms with Gasteiger partial charge in [0.1, 0.15) is 6.54 Å². The van der Waals surface area contributed by atoms with Crippen LogP contribution in [0.5, 0.6) is 0 Å². The predicted molar refractivity (Wildman–Crippen MR) is 89.3 cm³/mol. The van der Waals surface area contributed by atoms with Gasteiger partial charge in [-0.05, 0) is 42.8 Å². The molecule has 1 aliphatic heterocycles. The Hall–Kier alpha value is -2.47. The number of nitrogens with zero attached hydrogens (tertiary/aromatic N) is 1. The molecule has 0 aliphatic carbocycles. The molecule has 0 spiro atoms. The Labute approximate surface area is 141 Å². The highest BCUT2D eigenvalue weighted by molar-refractivity contribution is 9.10. The Bertz CT molecular complexity index is 797. The molecule has 0 bridgehead atoms. The largest absolute Gasteiger partial charge is 0.325 e. The number of hydrogen-bond donors (Lipinski definition) is 1. The maximum atomic E-state index is 12.2. The Morgan fingerprint density at radius 1 is 1.09 bits per heavy atom. The molecule has 0 saturated carbocycles. The SMILES string of the molecule is Cc1cc(NC(=O)CN2C(=O)c3ccccc3C2=O)ccc1Br. The van der Waals surface area contributed by atoms with E-state index in [1.54, 1.807) is 30.3 Å². The van der Waals surface area contributed by atoms with Gasteiger partial charge >= 0.3 is 0 Å². The first-order valence-electron chi connectivity index (χ1n) is 6.98. The first kappa shape index (κ1) is 15.4. The van der Waals surface area contributed by atoms with Crippen LogP contribution in [-0.2, 0) is 4.79 Å². The lowest BCUT2D eigenvalue weighted by Gasteiger charge is -2.14. The Morgan fingerprint density at radius 3 is 2.26 bits per heavy atom. The molecular formula is C17H13BrN2O3. The summed E-state index contributed by atoms with van der Waals surface area (Å²) in [5, 5.41) is 2.70. The zero-order chi connectivity index (χ0) is 16.6. The van der Waals surface area contributed by atoms with Crippen LogP contribution in [0.4, 0.5) is 5.69 Å². The Morgan fingerprint density at radius 2 is 1.70 bits per heavy atom. The Kier molecular flexibility index (Phi) is 4.00.